The zero-order valence-electron chi connectivity index (χ0n) is 15.2. The summed E-state index contributed by atoms with van der Waals surface area (Å²) in [5.74, 6) is -0.686. The van der Waals surface area contributed by atoms with Crippen LogP contribution < -0.4 is 0 Å². The Morgan fingerprint density at radius 2 is 1.85 bits per heavy atom. The Labute approximate surface area is 160 Å². The van der Waals surface area contributed by atoms with Crippen LogP contribution in [0.2, 0.25) is 0 Å². The normalized spacial score (nSPS) is 19.9. The number of hydrogen-bond donors (Lipinski definition) is 0. The predicted molar refractivity (Wildman–Crippen MR) is 96.6 cm³/mol. The van der Waals surface area contributed by atoms with Gasteiger partial charge < -0.3 is 14.2 Å². The SMILES string of the molecule is CCOC(=O)[C@H]1OC(=O)N(C(=O)OC(C)(C)C)[C@@H]1Cc1ccc(Br)cc1. The Hall–Kier alpha value is -2.09. The Balaban J connectivity index is 2.30. The molecule has 1 aromatic rings. The molecular weight excluding hydrogens is 406 g/mol. The number of amides is 2. The molecule has 1 aromatic carbocycles. The van der Waals surface area contributed by atoms with Gasteiger partial charge in [0.25, 0.3) is 0 Å². The second-order valence-corrected chi connectivity index (χ2v) is 7.72. The molecule has 0 N–H and O–H groups in total. The first-order valence-electron chi connectivity index (χ1n) is 8.26. The molecule has 0 unspecified atom stereocenters. The number of hydrogen-bond acceptors (Lipinski definition) is 6. The van der Waals surface area contributed by atoms with Crippen molar-refractivity contribution in [3.63, 3.8) is 0 Å². The molecule has 1 heterocycles. The van der Waals surface area contributed by atoms with Gasteiger partial charge in [0.1, 0.15) is 5.60 Å². The Bertz CT molecular complexity index is 682. The Morgan fingerprint density at radius 1 is 1.23 bits per heavy atom. The topological polar surface area (TPSA) is 82.1 Å². The van der Waals surface area contributed by atoms with Crippen molar-refractivity contribution in [1.82, 2.24) is 4.90 Å². The van der Waals surface area contributed by atoms with E-state index in [-0.39, 0.29) is 13.0 Å². The minimum absolute atomic E-state index is 0.143. The molecular formula is C18H22BrNO6. The van der Waals surface area contributed by atoms with Crippen LogP contribution in [0.4, 0.5) is 9.59 Å². The van der Waals surface area contributed by atoms with Gasteiger partial charge in [0.2, 0.25) is 6.10 Å². The van der Waals surface area contributed by atoms with Crippen LogP contribution in [0.3, 0.4) is 0 Å². The lowest BCUT2D eigenvalue weighted by atomic mass is 10.0. The van der Waals surface area contributed by atoms with Crippen LogP contribution in [0, 0.1) is 0 Å². The first kappa shape index (κ1) is 20.2. The average molecular weight is 428 g/mol. The minimum Gasteiger partial charge on any atom is -0.463 e. The van der Waals surface area contributed by atoms with Crippen molar-refractivity contribution in [3.05, 3.63) is 34.3 Å². The smallest absolute Gasteiger partial charge is 0.420 e. The molecule has 7 nitrogen and oxygen atoms in total. The fourth-order valence-electron chi connectivity index (χ4n) is 2.53. The van der Waals surface area contributed by atoms with Gasteiger partial charge in [-0.05, 0) is 51.8 Å². The van der Waals surface area contributed by atoms with Crippen molar-refractivity contribution in [2.75, 3.05) is 6.61 Å². The summed E-state index contributed by atoms with van der Waals surface area (Å²) >= 11 is 3.35. The van der Waals surface area contributed by atoms with Gasteiger partial charge in [-0.25, -0.2) is 19.3 Å². The van der Waals surface area contributed by atoms with Gasteiger partial charge in [-0.3, -0.25) is 0 Å². The summed E-state index contributed by atoms with van der Waals surface area (Å²) in [6, 6.07) is 6.50. The molecule has 0 aliphatic carbocycles. The van der Waals surface area contributed by atoms with Gasteiger partial charge in [-0.2, -0.15) is 0 Å². The molecule has 2 rings (SSSR count). The Morgan fingerprint density at radius 3 is 2.38 bits per heavy atom. The molecule has 26 heavy (non-hydrogen) atoms. The molecule has 142 valence electrons. The number of ether oxygens (including phenoxy) is 3. The second-order valence-electron chi connectivity index (χ2n) is 6.80. The lowest BCUT2D eigenvalue weighted by Gasteiger charge is -2.26. The zero-order chi connectivity index (χ0) is 19.5. The number of rotatable bonds is 4. The fourth-order valence-corrected chi connectivity index (χ4v) is 2.79. The van der Waals surface area contributed by atoms with Crippen LogP contribution in [-0.4, -0.2) is 47.4 Å². The van der Waals surface area contributed by atoms with E-state index in [4.69, 9.17) is 14.2 Å². The van der Waals surface area contributed by atoms with Gasteiger partial charge in [0.05, 0.1) is 12.6 Å². The monoisotopic (exact) mass is 427 g/mol. The number of halogens is 1. The van der Waals surface area contributed by atoms with E-state index < -0.39 is 35.9 Å². The summed E-state index contributed by atoms with van der Waals surface area (Å²) in [5, 5.41) is 0. The van der Waals surface area contributed by atoms with Gasteiger partial charge in [0.15, 0.2) is 0 Å². The molecule has 2 amide bonds. The number of nitrogens with zero attached hydrogens (tertiary/aromatic N) is 1. The van der Waals surface area contributed by atoms with Gasteiger partial charge >= 0.3 is 18.2 Å². The molecule has 0 aromatic heterocycles. The van der Waals surface area contributed by atoms with E-state index in [2.05, 4.69) is 15.9 Å². The lowest BCUT2D eigenvalue weighted by molar-refractivity contribution is -0.152. The van der Waals surface area contributed by atoms with Crippen LogP contribution in [0.15, 0.2) is 28.7 Å². The number of carbonyl (C=O) groups is 3. The quantitative estimate of drug-likeness (QED) is 0.538. The lowest BCUT2D eigenvalue weighted by Crippen LogP contribution is -2.47. The maximum absolute atomic E-state index is 12.5. The van der Waals surface area contributed by atoms with Crippen molar-refractivity contribution in [3.8, 4) is 0 Å². The van der Waals surface area contributed by atoms with Crippen molar-refractivity contribution in [1.29, 1.82) is 0 Å². The highest BCUT2D eigenvalue weighted by atomic mass is 79.9. The highest BCUT2D eigenvalue weighted by Crippen LogP contribution is 2.27. The molecule has 0 bridgehead atoms. The zero-order valence-corrected chi connectivity index (χ0v) is 16.7. The molecule has 0 spiro atoms. The second kappa shape index (κ2) is 8.07. The average Bonchev–Trinajstić information content (AvgIpc) is 2.84. The molecule has 1 saturated heterocycles. The van der Waals surface area contributed by atoms with Crippen LogP contribution in [0.1, 0.15) is 33.3 Å². The molecule has 8 heteroatoms. The van der Waals surface area contributed by atoms with Crippen LogP contribution >= 0.6 is 15.9 Å². The van der Waals surface area contributed by atoms with Crippen molar-refractivity contribution < 1.29 is 28.6 Å². The van der Waals surface area contributed by atoms with Gasteiger partial charge in [0, 0.05) is 4.47 Å². The molecule has 1 fully saturated rings. The third-order valence-electron chi connectivity index (χ3n) is 3.57. The third-order valence-corrected chi connectivity index (χ3v) is 4.10. The number of carbonyl (C=O) groups excluding carboxylic acids is 3. The van der Waals surface area contributed by atoms with E-state index in [0.29, 0.717) is 0 Å². The van der Waals surface area contributed by atoms with E-state index in [0.717, 1.165) is 14.9 Å². The third kappa shape index (κ3) is 4.97. The van der Waals surface area contributed by atoms with Crippen molar-refractivity contribution in [2.45, 2.75) is 51.9 Å². The first-order valence-corrected chi connectivity index (χ1v) is 9.05. The number of esters is 1. The first-order chi connectivity index (χ1) is 12.1. The van der Waals surface area contributed by atoms with E-state index in [1.807, 2.05) is 24.3 Å². The van der Waals surface area contributed by atoms with Gasteiger partial charge in [-0.1, -0.05) is 28.1 Å². The van der Waals surface area contributed by atoms with E-state index in [9.17, 15) is 14.4 Å². The Kier molecular flexibility index (Phi) is 6.28. The maximum atomic E-state index is 12.5. The maximum Gasteiger partial charge on any atom is 0.420 e. The summed E-state index contributed by atoms with van der Waals surface area (Å²) < 4.78 is 16.3. The van der Waals surface area contributed by atoms with Crippen molar-refractivity contribution >= 4 is 34.1 Å². The van der Waals surface area contributed by atoms with Crippen LogP contribution in [0.25, 0.3) is 0 Å². The highest BCUT2D eigenvalue weighted by Gasteiger charge is 2.51. The highest BCUT2D eigenvalue weighted by molar-refractivity contribution is 9.10. The van der Waals surface area contributed by atoms with E-state index in [1.54, 1.807) is 27.7 Å². The van der Waals surface area contributed by atoms with Crippen LogP contribution in [0.5, 0.6) is 0 Å². The fraction of sp³-hybridized carbons (Fsp3) is 0.500. The molecule has 0 radical (unpaired) electrons. The number of benzene rings is 1. The molecule has 1 aliphatic rings. The summed E-state index contributed by atoms with van der Waals surface area (Å²) in [6.45, 7) is 6.88. The number of imide groups is 1. The summed E-state index contributed by atoms with van der Waals surface area (Å²) in [6.07, 6.45) is -2.73. The summed E-state index contributed by atoms with van der Waals surface area (Å²) in [4.78, 5) is 37.8. The minimum atomic E-state index is -1.20. The summed E-state index contributed by atoms with van der Waals surface area (Å²) in [7, 11) is 0. The van der Waals surface area contributed by atoms with Crippen LogP contribution in [-0.2, 0) is 25.4 Å². The van der Waals surface area contributed by atoms with Gasteiger partial charge in [-0.15, -0.1) is 0 Å². The van der Waals surface area contributed by atoms with E-state index in [1.165, 1.54) is 0 Å². The largest absolute Gasteiger partial charge is 0.463 e. The van der Waals surface area contributed by atoms with E-state index >= 15 is 0 Å². The standard InChI is InChI=1S/C18H22BrNO6/c1-5-24-15(21)14-13(10-11-6-8-12(19)9-7-11)20(16(22)25-14)17(23)26-18(2,3)4/h6-9,13-14H,5,10H2,1-4H3/t13-,14+/m1/s1. The molecule has 2 atom stereocenters. The predicted octanol–water partition coefficient (Wildman–Crippen LogP) is 3.68. The number of cyclic esters (lactones) is 1. The summed E-state index contributed by atoms with van der Waals surface area (Å²) in [5.41, 5.74) is 0.0426. The molecule has 0 saturated carbocycles. The van der Waals surface area contributed by atoms with Crippen molar-refractivity contribution in [2.24, 2.45) is 0 Å². The molecule has 1 aliphatic heterocycles.